The molecule has 68 heavy (non-hydrogen) atoms. The topological polar surface area (TPSA) is 214 Å². The van der Waals surface area contributed by atoms with Gasteiger partial charge in [-0.1, -0.05) is 53.4 Å². The van der Waals surface area contributed by atoms with Crippen molar-refractivity contribution in [3.63, 3.8) is 0 Å². The van der Waals surface area contributed by atoms with Crippen molar-refractivity contribution in [3.8, 4) is 45.6 Å². The number of carbonyl (C=O) groups is 4. The molecule has 0 aliphatic carbocycles. The van der Waals surface area contributed by atoms with Crippen molar-refractivity contribution in [2.75, 3.05) is 26.4 Å². The highest BCUT2D eigenvalue weighted by atomic mass is 16.5. The van der Waals surface area contributed by atoms with Crippen LogP contribution in [0.4, 0.5) is 0 Å². The Hall–Kier alpha value is -7.88. The predicted octanol–water partition coefficient (Wildman–Crippen LogP) is 10.7. The van der Waals surface area contributed by atoms with Crippen molar-refractivity contribution < 1.29 is 38.1 Å². The molecule has 5 heterocycles. The van der Waals surface area contributed by atoms with Gasteiger partial charge in [0.25, 0.3) is 0 Å². The first-order valence-corrected chi connectivity index (χ1v) is 23.3. The highest BCUT2D eigenvalue weighted by Crippen LogP contribution is 2.38. The lowest BCUT2D eigenvalue weighted by Gasteiger charge is -2.06. The van der Waals surface area contributed by atoms with Crippen LogP contribution < -0.4 is 0 Å². The summed E-state index contributed by atoms with van der Waals surface area (Å²) in [6.45, 7) is 9.21. The van der Waals surface area contributed by atoms with Crippen LogP contribution in [0.2, 0.25) is 0 Å². The van der Waals surface area contributed by atoms with Gasteiger partial charge in [0.15, 0.2) is 23.3 Å². The van der Waals surface area contributed by atoms with Gasteiger partial charge in [-0.2, -0.15) is 0 Å². The van der Waals surface area contributed by atoms with E-state index in [-0.39, 0.29) is 49.7 Å². The van der Waals surface area contributed by atoms with E-state index in [0.29, 0.717) is 88.6 Å². The maximum Gasteiger partial charge on any atom is 0.338 e. The second-order valence-corrected chi connectivity index (χ2v) is 16.6. The summed E-state index contributed by atoms with van der Waals surface area (Å²) >= 11 is 0. The Labute approximate surface area is 390 Å². The van der Waals surface area contributed by atoms with Crippen LogP contribution >= 0.6 is 0 Å². The molecule has 0 fully saturated rings. The molecule has 0 amide bonds. The zero-order chi connectivity index (χ0) is 47.3. The second kappa shape index (κ2) is 19.9. The van der Waals surface area contributed by atoms with Crippen molar-refractivity contribution >= 4 is 68.0 Å². The van der Waals surface area contributed by atoms with E-state index in [9.17, 15) is 19.2 Å². The van der Waals surface area contributed by atoms with Gasteiger partial charge >= 0.3 is 23.9 Å². The Morgan fingerprint density at radius 3 is 1.00 bits per heavy atom. The largest absolute Gasteiger partial charge is 0.462 e. The van der Waals surface area contributed by atoms with E-state index in [1.165, 1.54) is 0 Å². The maximum absolute atomic E-state index is 13.3. The Balaban J connectivity index is 1.33. The van der Waals surface area contributed by atoms with E-state index in [2.05, 4.69) is 9.97 Å². The molecule has 0 saturated heterocycles. The molecule has 16 nitrogen and oxygen atoms in total. The number of rotatable bonds is 16. The molecule has 0 radical (unpaired) electrons. The minimum Gasteiger partial charge on any atom is -0.462 e. The van der Waals surface area contributed by atoms with E-state index >= 15 is 0 Å². The number of aromatic nitrogens is 8. The van der Waals surface area contributed by atoms with Gasteiger partial charge < -0.3 is 28.9 Å². The van der Waals surface area contributed by atoms with Crippen molar-refractivity contribution in [3.05, 3.63) is 95.1 Å². The third-order valence-electron chi connectivity index (χ3n) is 11.7. The summed E-state index contributed by atoms with van der Waals surface area (Å²) in [5.74, 6) is -0.905. The van der Waals surface area contributed by atoms with E-state index in [1.54, 1.807) is 72.8 Å². The number of ether oxygens (including phenoxy) is 4. The fourth-order valence-corrected chi connectivity index (χ4v) is 7.87. The number of aromatic amines is 2. The summed E-state index contributed by atoms with van der Waals surface area (Å²) < 4.78 is 22.3. The normalized spacial score (nSPS) is 11.6. The monoisotopic (exact) mass is 914 g/mol. The lowest BCUT2D eigenvalue weighted by atomic mass is 10.0. The van der Waals surface area contributed by atoms with Crippen molar-refractivity contribution in [1.82, 2.24) is 39.9 Å². The lowest BCUT2D eigenvalue weighted by Crippen LogP contribution is -2.06. The molecule has 0 unspecified atom stereocenters. The van der Waals surface area contributed by atoms with Gasteiger partial charge in [-0.15, -0.1) is 0 Å². The predicted molar refractivity (Wildman–Crippen MR) is 257 cm³/mol. The Kier molecular flexibility index (Phi) is 13.3. The smallest absolute Gasteiger partial charge is 0.338 e. The van der Waals surface area contributed by atoms with Crippen LogP contribution in [0, 0.1) is 0 Å². The highest BCUT2D eigenvalue weighted by molar-refractivity contribution is 6.09. The first-order valence-electron chi connectivity index (χ1n) is 23.3. The first-order chi connectivity index (χ1) is 33.2. The molecule has 4 aromatic carbocycles. The van der Waals surface area contributed by atoms with Gasteiger partial charge in [-0.05, 0) is 98.5 Å². The van der Waals surface area contributed by atoms with E-state index in [4.69, 9.17) is 48.9 Å². The summed E-state index contributed by atoms with van der Waals surface area (Å²) in [6.07, 6.45) is 6.38. The minimum absolute atomic E-state index is 0.241. The summed E-state index contributed by atoms with van der Waals surface area (Å²) in [7, 11) is 0. The fraction of sp³-hybridized carbons (Fsp3) is 0.308. The SMILES string of the molecule is CCCCOC(=O)c1ccc2c(c1)-c1nc-2nc2[nH]c(nc3nc(nc4[nH]c(n1)c1ccc(C(=O)OCCCC)cc41)-c1ccc(C(=O)OCCCC)cc1-3)c1ccc(C(=O)OCCCC)cc21. The average Bonchev–Trinajstić information content (AvgIpc) is 4.08. The van der Waals surface area contributed by atoms with Crippen LogP contribution in [-0.2, 0) is 18.9 Å². The molecule has 9 rings (SSSR count). The molecule has 16 heteroatoms. The zero-order valence-electron chi connectivity index (χ0n) is 38.4. The van der Waals surface area contributed by atoms with Crippen LogP contribution in [0.5, 0.6) is 0 Å². The van der Waals surface area contributed by atoms with E-state index < -0.39 is 23.9 Å². The number of unbranched alkanes of at least 4 members (excludes halogenated alkanes) is 4. The fourth-order valence-electron chi connectivity index (χ4n) is 7.87. The van der Waals surface area contributed by atoms with Crippen molar-refractivity contribution in [1.29, 1.82) is 0 Å². The van der Waals surface area contributed by atoms with Crippen LogP contribution in [0.3, 0.4) is 0 Å². The van der Waals surface area contributed by atoms with Gasteiger partial charge in [0.1, 0.15) is 22.6 Å². The third-order valence-corrected chi connectivity index (χ3v) is 11.7. The van der Waals surface area contributed by atoms with Gasteiger partial charge in [-0.25, -0.2) is 49.1 Å². The number of nitrogens with zero attached hydrogens (tertiary/aromatic N) is 6. The second-order valence-electron chi connectivity index (χ2n) is 16.6. The van der Waals surface area contributed by atoms with Gasteiger partial charge in [0, 0.05) is 43.8 Å². The lowest BCUT2D eigenvalue weighted by molar-refractivity contribution is 0.0490. The molecular weight excluding hydrogens is 865 g/mol. The Morgan fingerprint density at radius 1 is 0.368 bits per heavy atom. The van der Waals surface area contributed by atoms with Gasteiger partial charge in [0.05, 0.1) is 48.7 Å². The molecule has 346 valence electrons. The third kappa shape index (κ3) is 9.13. The molecule has 2 N–H and O–H groups in total. The van der Waals surface area contributed by atoms with Gasteiger partial charge in [0.2, 0.25) is 0 Å². The number of fused-ring (bicyclic) bond motifs is 20. The van der Waals surface area contributed by atoms with Crippen LogP contribution in [0.1, 0.15) is 120 Å². The summed E-state index contributed by atoms with van der Waals surface area (Å²) in [4.78, 5) is 90.3. The standard InChI is InChI=1S/C52H50N8O8/c1-5-9-21-65-49(61)29-13-17-33-37(25-29)45-53-41(33)58-46-39-27-31(51(63)67-23-11-7-3)15-19-35(39)43(55-46)60-48-40-28-32(52(64)68-24-12-8-4)16-20-36(40)44(56-48)59-47-38-26-30(50(62)66-22-10-6-2)14-18-34(38)42(54-47)57-45/h13-20,25-28H,5-12,21-24H2,1-4H3,(H2,53,54,55,56,57,58,59,60). The summed E-state index contributed by atoms with van der Waals surface area (Å²) in [5, 5.41) is 2.32. The van der Waals surface area contributed by atoms with E-state index in [0.717, 1.165) is 51.4 Å². The molecule has 7 aromatic rings. The van der Waals surface area contributed by atoms with E-state index in [1.807, 2.05) is 27.7 Å². The summed E-state index contributed by atoms with van der Waals surface area (Å²) in [6, 6.07) is 20.5. The molecule has 2 aliphatic rings. The number of benzene rings is 4. The Bertz CT molecular complexity index is 3090. The van der Waals surface area contributed by atoms with Crippen LogP contribution in [-0.4, -0.2) is 90.2 Å². The minimum atomic E-state index is -0.483. The van der Waals surface area contributed by atoms with Crippen molar-refractivity contribution in [2.45, 2.75) is 79.1 Å². The van der Waals surface area contributed by atoms with Crippen molar-refractivity contribution in [2.24, 2.45) is 0 Å². The Morgan fingerprint density at radius 2 is 0.662 bits per heavy atom. The molecule has 0 atom stereocenters. The number of H-pyrrole nitrogens is 2. The average molecular weight is 915 g/mol. The zero-order valence-corrected chi connectivity index (χ0v) is 38.4. The number of hydrogen-bond acceptors (Lipinski definition) is 14. The number of nitrogens with one attached hydrogen (secondary N) is 2. The first kappa shape index (κ1) is 45.3. The number of hydrogen-bond donors (Lipinski definition) is 2. The van der Waals surface area contributed by atoms with Crippen LogP contribution in [0.25, 0.3) is 89.7 Å². The van der Waals surface area contributed by atoms with Crippen LogP contribution in [0.15, 0.2) is 72.8 Å². The quantitative estimate of drug-likeness (QED) is 0.0524. The molecule has 0 spiro atoms. The van der Waals surface area contributed by atoms with Gasteiger partial charge in [-0.3, -0.25) is 0 Å². The summed E-state index contributed by atoms with van der Waals surface area (Å²) in [5.41, 5.74) is 4.84. The number of esters is 4. The number of carbonyl (C=O) groups excluding carboxylic acids is 4. The molecule has 3 aromatic heterocycles. The molecular formula is C52H50N8O8. The molecule has 8 bridgehead atoms. The molecule has 0 saturated carbocycles. The highest BCUT2D eigenvalue weighted by Gasteiger charge is 2.26. The molecule has 2 aliphatic heterocycles. The maximum atomic E-state index is 13.3.